The third-order valence-corrected chi connectivity index (χ3v) is 3.55. The minimum Gasteiger partial charge on any atom is -0.322 e. The SMILES string of the molecule is CSc1ccc(NC(=O)c2ccc(Br)nc2)cc1. The van der Waals surface area contributed by atoms with Crippen LogP contribution in [0.15, 0.2) is 52.1 Å². The lowest BCUT2D eigenvalue weighted by molar-refractivity contribution is 0.102. The Morgan fingerprint density at radius 1 is 1.22 bits per heavy atom. The van der Waals surface area contributed by atoms with Crippen molar-refractivity contribution in [2.45, 2.75) is 4.90 Å². The summed E-state index contributed by atoms with van der Waals surface area (Å²) >= 11 is 4.90. The van der Waals surface area contributed by atoms with Crippen LogP contribution in [0.2, 0.25) is 0 Å². The van der Waals surface area contributed by atoms with Crippen LogP contribution >= 0.6 is 27.7 Å². The van der Waals surface area contributed by atoms with Crippen LogP contribution in [0.5, 0.6) is 0 Å². The first-order valence-electron chi connectivity index (χ1n) is 5.26. The van der Waals surface area contributed by atoms with E-state index >= 15 is 0 Å². The first-order valence-corrected chi connectivity index (χ1v) is 7.28. The molecule has 0 radical (unpaired) electrons. The third-order valence-electron chi connectivity index (χ3n) is 2.34. The van der Waals surface area contributed by atoms with E-state index in [9.17, 15) is 4.79 Å². The van der Waals surface area contributed by atoms with E-state index in [2.05, 4.69) is 26.2 Å². The number of thioether (sulfide) groups is 1. The second kappa shape index (κ2) is 6.02. The highest BCUT2D eigenvalue weighted by Crippen LogP contribution is 2.18. The minimum atomic E-state index is -0.160. The molecule has 0 saturated heterocycles. The molecular formula is C13H11BrN2OS. The maximum Gasteiger partial charge on any atom is 0.257 e. The summed E-state index contributed by atoms with van der Waals surface area (Å²) < 4.78 is 0.711. The van der Waals surface area contributed by atoms with Gasteiger partial charge in [0, 0.05) is 16.8 Å². The number of anilines is 1. The van der Waals surface area contributed by atoms with Gasteiger partial charge >= 0.3 is 0 Å². The summed E-state index contributed by atoms with van der Waals surface area (Å²) in [5, 5.41) is 2.83. The summed E-state index contributed by atoms with van der Waals surface area (Å²) in [6.07, 6.45) is 3.55. The number of nitrogens with zero attached hydrogens (tertiary/aromatic N) is 1. The quantitative estimate of drug-likeness (QED) is 0.690. The normalized spacial score (nSPS) is 10.1. The van der Waals surface area contributed by atoms with E-state index in [4.69, 9.17) is 0 Å². The van der Waals surface area contributed by atoms with Crippen molar-refractivity contribution in [3.8, 4) is 0 Å². The predicted molar refractivity (Wildman–Crippen MR) is 78.1 cm³/mol. The monoisotopic (exact) mass is 322 g/mol. The molecule has 0 aliphatic rings. The van der Waals surface area contributed by atoms with Crippen molar-refractivity contribution in [1.29, 1.82) is 0 Å². The molecule has 1 amide bonds. The zero-order valence-electron chi connectivity index (χ0n) is 9.68. The lowest BCUT2D eigenvalue weighted by Gasteiger charge is -2.05. The van der Waals surface area contributed by atoms with Crippen LogP contribution in [-0.4, -0.2) is 17.1 Å². The summed E-state index contributed by atoms with van der Waals surface area (Å²) in [5.74, 6) is -0.160. The van der Waals surface area contributed by atoms with Gasteiger partial charge in [0.2, 0.25) is 0 Å². The molecule has 0 saturated carbocycles. The Balaban J connectivity index is 2.08. The molecule has 92 valence electrons. The third kappa shape index (κ3) is 3.34. The maximum absolute atomic E-state index is 11.9. The van der Waals surface area contributed by atoms with Crippen LogP contribution in [0.1, 0.15) is 10.4 Å². The molecular weight excluding hydrogens is 312 g/mol. The maximum atomic E-state index is 11.9. The zero-order chi connectivity index (χ0) is 13.0. The Morgan fingerprint density at radius 2 is 1.94 bits per heavy atom. The molecule has 2 rings (SSSR count). The molecule has 1 N–H and O–H groups in total. The lowest BCUT2D eigenvalue weighted by Crippen LogP contribution is -2.11. The highest BCUT2D eigenvalue weighted by molar-refractivity contribution is 9.10. The summed E-state index contributed by atoms with van der Waals surface area (Å²) in [4.78, 5) is 17.1. The van der Waals surface area contributed by atoms with Crippen LogP contribution in [0, 0.1) is 0 Å². The van der Waals surface area contributed by atoms with Crippen molar-refractivity contribution in [3.63, 3.8) is 0 Å². The van der Waals surface area contributed by atoms with E-state index in [1.807, 2.05) is 30.5 Å². The van der Waals surface area contributed by atoms with Crippen molar-refractivity contribution < 1.29 is 4.79 Å². The Morgan fingerprint density at radius 3 is 2.50 bits per heavy atom. The van der Waals surface area contributed by atoms with Gasteiger partial charge in [-0.15, -0.1) is 11.8 Å². The molecule has 1 heterocycles. The smallest absolute Gasteiger partial charge is 0.257 e. The Bertz CT molecular complexity index is 540. The van der Waals surface area contributed by atoms with Crippen LogP contribution < -0.4 is 5.32 Å². The summed E-state index contributed by atoms with van der Waals surface area (Å²) in [7, 11) is 0. The lowest BCUT2D eigenvalue weighted by atomic mass is 10.2. The molecule has 0 aliphatic carbocycles. The van der Waals surface area contributed by atoms with E-state index in [1.165, 1.54) is 11.1 Å². The Kier molecular flexibility index (Phi) is 4.38. The first-order chi connectivity index (χ1) is 8.69. The van der Waals surface area contributed by atoms with Gasteiger partial charge < -0.3 is 5.32 Å². The van der Waals surface area contributed by atoms with Gasteiger partial charge in [-0.1, -0.05) is 0 Å². The van der Waals surface area contributed by atoms with E-state index in [0.717, 1.165) is 5.69 Å². The van der Waals surface area contributed by atoms with Gasteiger partial charge in [-0.2, -0.15) is 0 Å². The van der Waals surface area contributed by atoms with Gasteiger partial charge in [-0.25, -0.2) is 4.98 Å². The molecule has 5 heteroatoms. The standard InChI is InChI=1S/C13H11BrN2OS/c1-18-11-5-3-10(4-6-11)16-13(17)9-2-7-12(14)15-8-9/h2-8H,1H3,(H,16,17). The highest BCUT2D eigenvalue weighted by atomic mass is 79.9. The Hall–Kier alpha value is -1.33. The first kappa shape index (κ1) is 13.1. The average Bonchev–Trinajstić information content (AvgIpc) is 2.40. The average molecular weight is 323 g/mol. The van der Waals surface area contributed by atoms with Gasteiger partial charge in [0.05, 0.1) is 5.56 Å². The molecule has 0 aliphatic heterocycles. The number of halogens is 1. The van der Waals surface area contributed by atoms with Crippen LogP contribution in [0.25, 0.3) is 0 Å². The van der Waals surface area contributed by atoms with Crippen molar-refractivity contribution >= 4 is 39.3 Å². The van der Waals surface area contributed by atoms with Crippen LogP contribution in [0.3, 0.4) is 0 Å². The number of pyridine rings is 1. The summed E-state index contributed by atoms with van der Waals surface area (Å²) in [6.45, 7) is 0. The second-order valence-corrected chi connectivity index (χ2v) is 5.24. The van der Waals surface area contributed by atoms with Gasteiger partial charge in [0.15, 0.2) is 0 Å². The molecule has 1 aromatic carbocycles. The van der Waals surface area contributed by atoms with Crippen molar-refractivity contribution in [2.24, 2.45) is 0 Å². The van der Waals surface area contributed by atoms with E-state index in [-0.39, 0.29) is 5.91 Å². The molecule has 1 aromatic heterocycles. The number of hydrogen-bond acceptors (Lipinski definition) is 3. The number of amides is 1. The number of rotatable bonds is 3. The predicted octanol–water partition coefficient (Wildman–Crippen LogP) is 3.82. The van der Waals surface area contributed by atoms with Gasteiger partial charge in [0.1, 0.15) is 4.60 Å². The number of hydrogen-bond donors (Lipinski definition) is 1. The Labute approximate surface area is 118 Å². The number of nitrogens with one attached hydrogen (secondary N) is 1. The van der Waals surface area contributed by atoms with Crippen molar-refractivity contribution in [3.05, 3.63) is 52.8 Å². The van der Waals surface area contributed by atoms with Crippen molar-refractivity contribution in [1.82, 2.24) is 4.98 Å². The topological polar surface area (TPSA) is 42.0 Å². The molecule has 2 aromatic rings. The van der Waals surface area contributed by atoms with E-state index in [1.54, 1.807) is 23.9 Å². The van der Waals surface area contributed by atoms with E-state index < -0.39 is 0 Å². The number of carbonyl (C=O) groups excluding carboxylic acids is 1. The molecule has 18 heavy (non-hydrogen) atoms. The van der Waals surface area contributed by atoms with E-state index in [0.29, 0.717) is 10.2 Å². The summed E-state index contributed by atoms with van der Waals surface area (Å²) in [5.41, 5.74) is 1.31. The zero-order valence-corrected chi connectivity index (χ0v) is 12.1. The fourth-order valence-corrected chi connectivity index (χ4v) is 2.03. The molecule has 0 unspecified atom stereocenters. The van der Waals surface area contributed by atoms with Crippen LogP contribution in [-0.2, 0) is 0 Å². The van der Waals surface area contributed by atoms with Crippen molar-refractivity contribution in [2.75, 3.05) is 11.6 Å². The van der Waals surface area contributed by atoms with Gasteiger partial charge in [-0.05, 0) is 58.6 Å². The molecule has 0 spiro atoms. The number of carbonyl (C=O) groups is 1. The fourth-order valence-electron chi connectivity index (χ4n) is 1.39. The van der Waals surface area contributed by atoms with Crippen LogP contribution in [0.4, 0.5) is 5.69 Å². The van der Waals surface area contributed by atoms with Gasteiger partial charge in [0.25, 0.3) is 5.91 Å². The second-order valence-electron chi connectivity index (χ2n) is 3.55. The molecule has 3 nitrogen and oxygen atoms in total. The van der Waals surface area contributed by atoms with Gasteiger partial charge in [-0.3, -0.25) is 4.79 Å². The number of aromatic nitrogens is 1. The minimum absolute atomic E-state index is 0.160. The fraction of sp³-hybridized carbons (Fsp3) is 0.0769. The summed E-state index contributed by atoms with van der Waals surface area (Å²) in [6, 6.07) is 11.2. The number of benzene rings is 1. The molecule has 0 bridgehead atoms. The molecule has 0 fully saturated rings. The largest absolute Gasteiger partial charge is 0.322 e. The highest BCUT2D eigenvalue weighted by Gasteiger charge is 2.06. The molecule has 0 atom stereocenters.